The zero-order valence-corrected chi connectivity index (χ0v) is 18.1. The summed E-state index contributed by atoms with van der Waals surface area (Å²) in [4.78, 5) is 28.5. The second-order valence-electron chi connectivity index (χ2n) is 9.39. The Bertz CT molecular complexity index is 841. The lowest BCUT2D eigenvalue weighted by Crippen LogP contribution is -2.30. The van der Waals surface area contributed by atoms with Crippen LogP contribution in [0.3, 0.4) is 0 Å². The predicted molar refractivity (Wildman–Crippen MR) is 113 cm³/mol. The highest BCUT2D eigenvalue weighted by Gasteiger charge is 2.34. The van der Waals surface area contributed by atoms with Gasteiger partial charge >= 0.3 is 5.97 Å². The molecule has 1 atom stereocenters. The van der Waals surface area contributed by atoms with Crippen molar-refractivity contribution in [1.29, 1.82) is 0 Å². The maximum absolute atomic E-state index is 12.5. The van der Waals surface area contributed by atoms with Crippen molar-refractivity contribution in [3.05, 3.63) is 41.2 Å². The summed E-state index contributed by atoms with van der Waals surface area (Å²) in [5.74, 6) is -0.588. The average molecular weight is 402 g/mol. The summed E-state index contributed by atoms with van der Waals surface area (Å²) in [7, 11) is 0. The van der Waals surface area contributed by atoms with Gasteiger partial charge in [-0.3, -0.25) is 9.79 Å². The van der Waals surface area contributed by atoms with Crippen molar-refractivity contribution < 1.29 is 24.5 Å². The Hall–Kier alpha value is -2.63. The van der Waals surface area contributed by atoms with Crippen LogP contribution in [0, 0.1) is 5.41 Å². The summed E-state index contributed by atoms with van der Waals surface area (Å²) < 4.78 is 5.78. The summed E-state index contributed by atoms with van der Waals surface area (Å²) in [5.41, 5.74) is 0.592. The van der Waals surface area contributed by atoms with Crippen LogP contribution in [0.5, 0.6) is 5.75 Å². The van der Waals surface area contributed by atoms with E-state index in [0.29, 0.717) is 18.6 Å². The number of rotatable bonds is 6. The Kier molecular flexibility index (Phi) is 6.56. The number of aliphatic hydroxyl groups excluding tert-OH is 1. The minimum Gasteiger partial charge on any atom is -0.511 e. The number of aliphatic hydroxyl groups is 1. The normalized spacial score (nSPS) is 18.6. The van der Waals surface area contributed by atoms with Crippen LogP contribution in [-0.2, 0) is 16.0 Å². The number of hydrogen-bond donors (Lipinski definition) is 2. The van der Waals surface area contributed by atoms with Gasteiger partial charge in [-0.15, -0.1) is 0 Å². The first kappa shape index (κ1) is 22.7. The standard InChI is InChI=1S/C23H31NO5/c1-14(20-18(25)12-23(5,6)13-19(20)26)24-17(21(27)28)11-15-7-9-16(10-8-15)29-22(2,3)4/h7-10,17,25H,11-13H2,1-6H3,(H,27,28)/t17-/m0/s1. The Morgan fingerprint density at radius 2 is 1.79 bits per heavy atom. The number of carbonyl (C=O) groups is 2. The van der Waals surface area contributed by atoms with Crippen LogP contribution in [0.2, 0.25) is 0 Å². The number of hydrogen-bond acceptors (Lipinski definition) is 5. The number of benzene rings is 1. The first-order valence-electron chi connectivity index (χ1n) is 9.78. The molecule has 0 aliphatic heterocycles. The van der Waals surface area contributed by atoms with E-state index in [4.69, 9.17) is 4.74 Å². The third-order valence-corrected chi connectivity index (χ3v) is 4.63. The first-order valence-corrected chi connectivity index (χ1v) is 9.78. The van der Waals surface area contributed by atoms with E-state index in [2.05, 4.69) is 4.99 Å². The van der Waals surface area contributed by atoms with Gasteiger partial charge in [0, 0.05) is 25.0 Å². The maximum Gasteiger partial charge on any atom is 0.328 e. The van der Waals surface area contributed by atoms with E-state index in [1.54, 1.807) is 19.1 Å². The topological polar surface area (TPSA) is 96.2 Å². The molecule has 0 aromatic heterocycles. The number of aliphatic carboxylic acids is 1. The van der Waals surface area contributed by atoms with Gasteiger partial charge in [-0.2, -0.15) is 0 Å². The SMILES string of the molecule is CC(=N[C@@H](Cc1ccc(OC(C)(C)C)cc1)C(=O)O)C1=C(O)CC(C)(C)CC1=O. The van der Waals surface area contributed by atoms with E-state index in [9.17, 15) is 19.8 Å². The fourth-order valence-electron chi connectivity index (χ4n) is 3.46. The molecule has 0 bridgehead atoms. The van der Waals surface area contributed by atoms with Crippen LogP contribution in [0.25, 0.3) is 0 Å². The van der Waals surface area contributed by atoms with E-state index in [0.717, 1.165) is 5.56 Å². The molecule has 0 heterocycles. The molecule has 1 aromatic rings. The monoisotopic (exact) mass is 401 g/mol. The van der Waals surface area contributed by atoms with Crippen molar-refractivity contribution in [3.8, 4) is 5.75 Å². The lowest BCUT2D eigenvalue weighted by atomic mass is 9.75. The maximum atomic E-state index is 12.5. The molecule has 29 heavy (non-hydrogen) atoms. The van der Waals surface area contributed by atoms with Crippen LogP contribution < -0.4 is 4.74 Å². The first-order chi connectivity index (χ1) is 13.3. The van der Waals surface area contributed by atoms with E-state index >= 15 is 0 Å². The van der Waals surface area contributed by atoms with Gasteiger partial charge in [0.1, 0.15) is 17.1 Å². The highest BCUT2D eigenvalue weighted by molar-refractivity contribution is 6.22. The molecule has 1 aliphatic carbocycles. The van der Waals surface area contributed by atoms with Gasteiger partial charge in [-0.05, 0) is 50.8 Å². The summed E-state index contributed by atoms with van der Waals surface area (Å²) in [6.45, 7) is 11.3. The predicted octanol–water partition coefficient (Wildman–Crippen LogP) is 4.52. The van der Waals surface area contributed by atoms with E-state index < -0.39 is 12.0 Å². The molecule has 0 unspecified atom stereocenters. The Morgan fingerprint density at radius 1 is 1.21 bits per heavy atom. The molecule has 0 saturated heterocycles. The number of ketones is 1. The molecular weight excluding hydrogens is 370 g/mol. The molecule has 2 rings (SSSR count). The molecule has 0 spiro atoms. The lowest BCUT2D eigenvalue weighted by Gasteiger charge is -2.29. The summed E-state index contributed by atoms with van der Waals surface area (Å²) >= 11 is 0. The number of allylic oxidation sites excluding steroid dienone is 2. The second-order valence-corrected chi connectivity index (χ2v) is 9.39. The van der Waals surface area contributed by atoms with Gasteiger partial charge in [0.05, 0.1) is 5.57 Å². The van der Waals surface area contributed by atoms with Gasteiger partial charge in [0.2, 0.25) is 0 Å². The number of carbonyl (C=O) groups excluding carboxylic acids is 1. The number of carboxylic acid groups (broad SMARTS) is 1. The largest absolute Gasteiger partial charge is 0.511 e. The molecule has 6 heteroatoms. The van der Waals surface area contributed by atoms with Gasteiger partial charge in [-0.1, -0.05) is 26.0 Å². The molecule has 2 N–H and O–H groups in total. The van der Waals surface area contributed by atoms with Crippen molar-refractivity contribution in [3.63, 3.8) is 0 Å². The van der Waals surface area contributed by atoms with Gasteiger partial charge in [0.15, 0.2) is 11.8 Å². The van der Waals surface area contributed by atoms with Gasteiger partial charge in [-0.25, -0.2) is 4.79 Å². The third kappa shape index (κ3) is 6.44. The molecule has 1 aliphatic rings. The highest BCUT2D eigenvalue weighted by Crippen LogP contribution is 2.36. The van der Waals surface area contributed by atoms with Crippen molar-refractivity contribution >= 4 is 17.5 Å². The smallest absolute Gasteiger partial charge is 0.328 e. The Labute approximate surface area is 172 Å². The Balaban J connectivity index is 2.22. The fraction of sp³-hybridized carbons (Fsp3) is 0.522. The Morgan fingerprint density at radius 3 is 2.28 bits per heavy atom. The van der Waals surface area contributed by atoms with Crippen molar-refractivity contribution in [2.45, 2.75) is 72.4 Å². The minimum absolute atomic E-state index is 0.0136. The molecule has 6 nitrogen and oxygen atoms in total. The van der Waals surface area contributed by atoms with Gasteiger partial charge in [0.25, 0.3) is 0 Å². The third-order valence-electron chi connectivity index (χ3n) is 4.63. The molecular formula is C23H31NO5. The summed E-state index contributed by atoms with van der Waals surface area (Å²) in [6, 6.07) is 6.18. The van der Waals surface area contributed by atoms with Crippen LogP contribution in [-0.4, -0.2) is 39.3 Å². The molecule has 0 fully saturated rings. The number of Topliss-reactive ketones (excluding diaryl/α,β-unsaturated/α-hetero) is 1. The van der Waals surface area contributed by atoms with Crippen LogP contribution >= 0.6 is 0 Å². The zero-order chi connectivity index (χ0) is 22.0. The quantitative estimate of drug-likeness (QED) is 0.683. The number of nitrogens with zero attached hydrogens (tertiary/aromatic N) is 1. The summed E-state index contributed by atoms with van der Waals surface area (Å²) in [6.07, 6.45) is 0.844. The van der Waals surface area contributed by atoms with Crippen molar-refractivity contribution in [2.24, 2.45) is 10.4 Å². The van der Waals surface area contributed by atoms with Crippen LogP contribution in [0.4, 0.5) is 0 Å². The molecule has 0 saturated carbocycles. The van der Waals surface area contributed by atoms with E-state index in [-0.39, 0.29) is 40.3 Å². The molecule has 158 valence electrons. The molecule has 0 radical (unpaired) electrons. The second kappa shape index (κ2) is 8.39. The molecule has 1 aromatic carbocycles. The lowest BCUT2D eigenvalue weighted by molar-refractivity contribution is -0.138. The summed E-state index contributed by atoms with van der Waals surface area (Å²) in [5, 5.41) is 19.9. The average Bonchev–Trinajstić information content (AvgIpc) is 2.52. The molecule has 0 amide bonds. The highest BCUT2D eigenvalue weighted by atomic mass is 16.5. The van der Waals surface area contributed by atoms with Gasteiger partial charge < -0.3 is 14.9 Å². The number of aliphatic imine (C=N–C) groups is 1. The minimum atomic E-state index is -1.08. The number of ether oxygens (including phenoxy) is 1. The van der Waals surface area contributed by atoms with E-state index in [1.165, 1.54) is 0 Å². The van der Waals surface area contributed by atoms with Crippen LogP contribution in [0.15, 0.2) is 40.6 Å². The van der Waals surface area contributed by atoms with Crippen molar-refractivity contribution in [1.82, 2.24) is 0 Å². The van der Waals surface area contributed by atoms with E-state index in [1.807, 2.05) is 46.8 Å². The zero-order valence-electron chi connectivity index (χ0n) is 18.1. The van der Waals surface area contributed by atoms with Crippen LogP contribution in [0.1, 0.15) is 59.9 Å². The number of carboxylic acids is 1. The fourth-order valence-corrected chi connectivity index (χ4v) is 3.46. The van der Waals surface area contributed by atoms with Crippen molar-refractivity contribution in [2.75, 3.05) is 0 Å².